The zero-order valence-corrected chi connectivity index (χ0v) is 14.8. The third kappa shape index (κ3) is 3.65. The molecule has 2 aliphatic heterocycles. The molecule has 1 aromatic rings. The van der Waals surface area contributed by atoms with Gasteiger partial charge in [0.05, 0.1) is 6.54 Å². The maximum absolute atomic E-state index is 12.6. The molecule has 1 aromatic carbocycles. The number of hydrogen-bond acceptors (Lipinski definition) is 4. The van der Waals surface area contributed by atoms with Crippen LogP contribution in [0.2, 0.25) is 5.02 Å². The fraction of sp³-hybridized carbons (Fsp3) is 0.529. The highest BCUT2D eigenvalue weighted by Gasteiger charge is 2.32. The maximum Gasteiger partial charge on any atom is 0.264 e. The van der Waals surface area contributed by atoms with E-state index in [0.29, 0.717) is 30.3 Å². The van der Waals surface area contributed by atoms with Gasteiger partial charge in [0.15, 0.2) is 6.10 Å². The van der Waals surface area contributed by atoms with E-state index in [1.54, 1.807) is 19.2 Å². The molecule has 7 heteroatoms. The Kier molecular flexibility index (Phi) is 4.96. The molecular formula is C17H22ClN3O3. The van der Waals surface area contributed by atoms with Gasteiger partial charge in [-0.25, -0.2) is 0 Å². The summed E-state index contributed by atoms with van der Waals surface area (Å²) in [5.74, 6) is 0.499. The molecule has 2 amide bonds. The van der Waals surface area contributed by atoms with Crippen LogP contribution in [-0.2, 0) is 16.0 Å². The van der Waals surface area contributed by atoms with Gasteiger partial charge in [0.2, 0.25) is 5.91 Å². The number of hydrogen-bond donors (Lipinski definition) is 0. The Morgan fingerprint density at radius 1 is 1.29 bits per heavy atom. The van der Waals surface area contributed by atoms with E-state index in [1.165, 1.54) is 4.90 Å². The molecule has 130 valence electrons. The highest BCUT2D eigenvalue weighted by molar-refractivity contribution is 6.30. The molecule has 0 aliphatic carbocycles. The van der Waals surface area contributed by atoms with Gasteiger partial charge in [0.25, 0.3) is 5.91 Å². The van der Waals surface area contributed by atoms with Crippen molar-refractivity contribution in [3.05, 3.63) is 28.8 Å². The van der Waals surface area contributed by atoms with Crippen LogP contribution in [0, 0.1) is 0 Å². The number of likely N-dealkylation sites (N-methyl/N-ethyl adjacent to an activating group) is 2. The fourth-order valence-corrected chi connectivity index (χ4v) is 3.23. The lowest BCUT2D eigenvalue weighted by Gasteiger charge is -2.33. The van der Waals surface area contributed by atoms with Crippen molar-refractivity contribution >= 4 is 23.4 Å². The third-order valence-electron chi connectivity index (χ3n) is 4.58. The van der Waals surface area contributed by atoms with Gasteiger partial charge in [-0.05, 0) is 30.8 Å². The Hall–Kier alpha value is -1.79. The molecule has 2 heterocycles. The summed E-state index contributed by atoms with van der Waals surface area (Å²) in [5, 5.41) is 0.629. The molecule has 0 unspecified atom stereocenters. The average Bonchev–Trinajstić information content (AvgIpc) is 2.97. The number of ether oxygens (including phenoxy) is 1. The normalized spacial score (nSPS) is 20.5. The van der Waals surface area contributed by atoms with E-state index in [1.807, 2.05) is 18.0 Å². The molecule has 2 aliphatic rings. The Labute approximate surface area is 146 Å². The number of carbonyl (C=O) groups excluding carboxylic acids is 2. The van der Waals surface area contributed by atoms with E-state index >= 15 is 0 Å². The number of carbonyl (C=O) groups is 2. The number of halogens is 1. The molecule has 0 saturated carbocycles. The highest BCUT2D eigenvalue weighted by Crippen LogP contribution is 2.31. The van der Waals surface area contributed by atoms with Crippen LogP contribution in [-0.4, -0.2) is 79.4 Å². The van der Waals surface area contributed by atoms with Crippen molar-refractivity contribution < 1.29 is 14.3 Å². The predicted octanol–water partition coefficient (Wildman–Crippen LogP) is 0.876. The first-order chi connectivity index (χ1) is 11.4. The topological polar surface area (TPSA) is 53.1 Å². The summed E-state index contributed by atoms with van der Waals surface area (Å²) >= 11 is 5.97. The summed E-state index contributed by atoms with van der Waals surface area (Å²) in [4.78, 5) is 30.4. The fourth-order valence-electron chi connectivity index (χ4n) is 3.04. The molecule has 24 heavy (non-hydrogen) atoms. The first-order valence-corrected chi connectivity index (χ1v) is 8.48. The van der Waals surface area contributed by atoms with Gasteiger partial charge in [-0.3, -0.25) is 9.59 Å². The van der Waals surface area contributed by atoms with Crippen molar-refractivity contribution in [2.45, 2.75) is 12.5 Å². The van der Waals surface area contributed by atoms with Gasteiger partial charge in [0.1, 0.15) is 5.75 Å². The van der Waals surface area contributed by atoms with E-state index in [4.69, 9.17) is 16.3 Å². The van der Waals surface area contributed by atoms with E-state index in [0.717, 1.165) is 18.7 Å². The quantitative estimate of drug-likeness (QED) is 0.811. The van der Waals surface area contributed by atoms with Crippen LogP contribution >= 0.6 is 11.6 Å². The summed E-state index contributed by atoms with van der Waals surface area (Å²) in [5.41, 5.74) is 0.930. The molecule has 0 bridgehead atoms. The number of nitrogens with zero attached hydrogens (tertiary/aromatic N) is 3. The van der Waals surface area contributed by atoms with Crippen LogP contribution in [0.25, 0.3) is 0 Å². The minimum absolute atomic E-state index is 0.0162. The van der Waals surface area contributed by atoms with Crippen molar-refractivity contribution in [2.24, 2.45) is 0 Å². The van der Waals surface area contributed by atoms with Crippen LogP contribution in [0.5, 0.6) is 5.75 Å². The maximum atomic E-state index is 12.6. The standard InChI is InChI=1S/C17H22ClN3O3/c1-19-5-7-21(8-6-19)16(22)11-20(2)17(23)15-10-12-9-13(18)3-4-14(12)24-15/h3-4,9,15H,5-8,10-11H2,1-2H3/t15-/m1/s1. The van der Waals surface area contributed by atoms with Crippen molar-refractivity contribution in [1.29, 1.82) is 0 Å². The first kappa shape index (κ1) is 17.0. The van der Waals surface area contributed by atoms with E-state index in [-0.39, 0.29) is 18.4 Å². The van der Waals surface area contributed by atoms with E-state index in [9.17, 15) is 9.59 Å². The molecule has 0 radical (unpaired) electrons. The Morgan fingerprint density at radius 2 is 2.00 bits per heavy atom. The summed E-state index contributed by atoms with van der Waals surface area (Å²) < 4.78 is 5.70. The molecule has 0 aromatic heterocycles. The van der Waals surface area contributed by atoms with Gasteiger partial charge < -0.3 is 19.4 Å². The number of piperazine rings is 1. The summed E-state index contributed by atoms with van der Waals surface area (Å²) in [6.45, 7) is 3.23. The SMILES string of the molecule is CN1CCN(C(=O)CN(C)C(=O)[C@H]2Cc3cc(Cl)ccc3O2)CC1. The Bertz CT molecular complexity index is 644. The zero-order chi connectivity index (χ0) is 17.3. The molecule has 0 N–H and O–H groups in total. The van der Waals surface area contributed by atoms with Gasteiger partial charge in [-0.1, -0.05) is 11.6 Å². The molecular weight excluding hydrogens is 330 g/mol. The van der Waals surface area contributed by atoms with Crippen molar-refractivity contribution in [3.63, 3.8) is 0 Å². The second-order valence-electron chi connectivity index (χ2n) is 6.44. The average molecular weight is 352 g/mol. The Balaban J connectivity index is 1.55. The number of benzene rings is 1. The van der Waals surface area contributed by atoms with Crippen LogP contribution in [0.1, 0.15) is 5.56 Å². The minimum Gasteiger partial charge on any atom is -0.480 e. The van der Waals surface area contributed by atoms with Crippen molar-refractivity contribution in [3.8, 4) is 5.75 Å². The van der Waals surface area contributed by atoms with Gasteiger partial charge in [0, 0.05) is 44.7 Å². The minimum atomic E-state index is -0.580. The first-order valence-electron chi connectivity index (χ1n) is 8.10. The lowest BCUT2D eigenvalue weighted by molar-refractivity contribution is -0.143. The van der Waals surface area contributed by atoms with Crippen LogP contribution in [0.15, 0.2) is 18.2 Å². The molecule has 1 saturated heterocycles. The lowest BCUT2D eigenvalue weighted by atomic mass is 10.1. The molecule has 1 fully saturated rings. The second-order valence-corrected chi connectivity index (χ2v) is 6.88. The molecule has 3 rings (SSSR count). The van der Waals surface area contributed by atoms with E-state index in [2.05, 4.69) is 4.90 Å². The lowest BCUT2D eigenvalue weighted by Crippen LogP contribution is -2.51. The van der Waals surface area contributed by atoms with Crippen molar-refractivity contribution in [2.75, 3.05) is 46.8 Å². The van der Waals surface area contributed by atoms with Gasteiger partial charge >= 0.3 is 0 Å². The van der Waals surface area contributed by atoms with Gasteiger partial charge in [-0.15, -0.1) is 0 Å². The smallest absolute Gasteiger partial charge is 0.264 e. The number of amides is 2. The predicted molar refractivity (Wildman–Crippen MR) is 91.3 cm³/mol. The largest absolute Gasteiger partial charge is 0.480 e. The number of fused-ring (bicyclic) bond motifs is 1. The summed E-state index contributed by atoms with van der Waals surface area (Å²) in [6, 6.07) is 5.34. The second kappa shape index (κ2) is 6.99. The van der Waals surface area contributed by atoms with Crippen LogP contribution in [0.4, 0.5) is 0 Å². The monoisotopic (exact) mass is 351 g/mol. The molecule has 6 nitrogen and oxygen atoms in total. The third-order valence-corrected chi connectivity index (χ3v) is 4.81. The number of rotatable bonds is 3. The van der Waals surface area contributed by atoms with Gasteiger partial charge in [-0.2, -0.15) is 0 Å². The highest BCUT2D eigenvalue weighted by atomic mass is 35.5. The summed E-state index contributed by atoms with van der Waals surface area (Å²) in [6.07, 6.45) is -0.0920. The summed E-state index contributed by atoms with van der Waals surface area (Å²) in [7, 11) is 3.69. The molecule has 0 spiro atoms. The Morgan fingerprint density at radius 3 is 2.71 bits per heavy atom. The molecule has 1 atom stereocenters. The van der Waals surface area contributed by atoms with Crippen LogP contribution in [0.3, 0.4) is 0 Å². The van der Waals surface area contributed by atoms with E-state index < -0.39 is 6.10 Å². The zero-order valence-electron chi connectivity index (χ0n) is 14.0. The van der Waals surface area contributed by atoms with Crippen LogP contribution < -0.4 is 4.74 Å². The van der Waals surface area contributed by atoms with Crippen molar-refractivity contribution in [1.82, 2.24) is 14.7 Å².